The number of aromatic nitrogens is 3. The monoisotopic (exact) mass is 371 g/mol. The van der Waals surface area contributed by atoms with Crippen LogP contribution in [0.2, 0.25) is 0 Å². The number of amides is 1. The molecule has 1 aromatic heterocycles. The molecule has 0 saturated carbocycles. The minimum Gasteiger partial charge on any atom is -0.341 e. The average molecular weight is 371 g/mol. The summed E-state index contributed by atoms with van der Waals surface area (Å²) in [7, 11) is -1.64. The zero-order chi connectivity index (χ0) is 18.2. The van der Waals surface area contributed by atoms with Crippen molar-refractivity contribution in [3.63, 3.8) is 0 Å². The minimum atomic E-state index is -3.26. The molecule has 2 aliphatic heterocycles. The highest BCUT2D eigenvalue weighted by atomic mass is 32.2. The summed E-state index contributed by atoms with van der Waals surface area (Å²) in [6.45, 7) is 2.23. The van der Waals surface area contributed by atoms with E-state index in [-0.39, 0.29) is 24.1 Å². The van der Waals surface area contributed by atoms with Crippen LogP contribution >= 0.6 is 0 Å². The molecule has 1 amide bonds. The lowest BCUT2D eigenvalue weighted by atomic mass is 9.99. The predicted octanol–water partition coefficient (Wildman–Crippen LogP) is -0.657. The van der Waals surface area contributed by atoms with Gasteiger partial charge in [0.05, 0.1) is 6.26 Å². The maximum absolute atomic E-state index is 12.4. The molecule has 0 bridgehead atoms. The maximum Gasteiger partial charge on any atom is 0.346 e. The van der Waals surface area contributed by atoms with Crippen LogP contribution < -0.4 is 5.69 Å². The molecular weight excluding hydrogens is 346 g/mol. The van der Waals surface area contributed by atoms with Crippen LogP contribution in [-0.4, -0.2) is 70.3 Å². The molecular formula is C15H25N5O4S. The standard InChI is InChI=1S/C15H25N5O4S/c1-17-14(12-6-5-9-19(10-12)25(2,23)24)16-20(15(17)22)11-13(21)18-7-3-4-8-18/h12H,3-11H2,1-2H3/t12-/m0/s1. The molecule has 3 heterocycles. The third kappa shape index (κ3) is 3.79. The molecule has 0 aliphatic carbocycles. The first-order valence-electron chi connectivity index (χ1n) is 8.64. The molecule has 9 nitrogen and oxygen atoms in total. The maximum atomic E-state index is 12.4. The normalized spacial score (nSPS) is 22.5. The zero-order valence-electron chi connectivity index (χ0n) is 14.7. The van der Waals surface area contributed by atoms with Gasteiger partial charge in [-0.15, -0.1) is 0 Å². The van der Waals surface area contributed by atoms with E-state index in [1.54, 1.807) is 11.9 Å². The number of nitrogens with zero attached hydrogens (tertiary/aromatic N) is 5. The van der Waals surface area contributed by atoms with Crippen molar-refractivity contribution in [2.45, 2.75) is 38.1 Å². The summed E-state index contributed by atoms with van der Waals surface area (Å²) in [5.41, 5.74) is -0.334. The van der Waals surface area contributed by atoms with Gasteiger partial charge in [-0.05, 0) is 25.7 Å². The van der Waals surface area contributed by atoms with Crippen molar-refractivity contribution in [3.05, 3.63) is 16.3 Å². The highest BCUT2D eigenvalue weighted by molar-refractivity contribution is 7.88. The lowest BCUT2D eigenvalue weighted by Gasteiger charge is -2.30. The Morgan fingerprint density at radius 1 is 1.20 bits per heavy atom. The summed E-state index contributed by atoms with van der Waals surface area (Å²) < 4.78 is 27.7. The minimum absolute atomic E-state index is 0.0603. The van der Waals surface area contributed by atoms with Gasteiger partial charge < -0.3 is 4.90 Å². The first kappa shape index (κ1) is 18.1. The molecule has 0 aromatic carbocycles. The molecule has 0 N–H and O–H groups in total. The van der Waals surface area contributed by atoms with Crippen LogP contribution in [0.3, 0.4) is 0 Å². The van der Waals surface area contributed by atoms with Crippen LogP contribution in [0.4, 0.5) is 0 Å². The summed E-state index contributed by atoms with van der Waals surface area (Å²) >= 11 is 0. The second-order valence-electron chi connectivity index (χ2n) is 6.91. The number of likely N-dealkylation sites (tertiary alicyclic amines) is 1. The number of carbonyl (C=O) groups excluding carboxylic acids is 1. The van der Waals surface area contributed by atoms with Gasteiger partial charge in [0.2, 0.25) is 15.9 Å². The third-order valence-electron chi connectivity index (χ3n) is 5.04. The van der Waals surface area contributed by atoms with E-state index in [4.69, 9.17) is 0 Å². The van der Waals surface area contributed by atoms with Crippen molar-refractivity contribution in [2.24, 2.45) is 7.05 Å². The van der Waals surface area contributed by atoms with Gasteiger partial charge in [0.1, 0.15) is 12.4 Å². The van der Waals surface area contributed by atoms with E-state index in [2.05, 4.69) is 5.10 Å². The van der Waals surface area contributed by atoms with E-state index in [0.717, 1.165) is 38.8 Å². The number of carbonyl (C=O) groups is 1. The SMILES string of the molecule is Cn1c([C@H]2CCCN(S(C)(=O)=O)C2)nn(CC(=O)N2CCCC2)c1=O. The fourth-order valence-electron chi connectivity index (χ4n) is 3.61. The van der Waals surface area contributed by atoms with Gasteiger partial charge in [-0.25, -0.2) is 22.2 Å². The molecule has 140 valence electrons. The Morgan fingerprint density at radius 2 is 1.88 bits per heavy atom. The zero-order valence-corrected chi connectivity index (χ0v) is 15.5. The molecule has 0 unspecified atom stereocenters. The van der Waals surface area contributed by atoms with Crippen molar-refractivity contribution in [1.82, 2.24) is 23.6 Å². The second kappa shape index (κ2) is 6.91. The molecule has 25 heavy (non-hydrogen) atoms. The number of rotatable bonds is 4. The second-order valence-corrected chi connectivity index (χ2v) is 8.89. The van der Waals surface area contributed by atoms with Gasteiger partial charge in [-0.2, -0.15) is 5.10 Å². The molecule has 10 heteroatoms. The summed E-state index contributed by atoms with van der Waals surface area (Å²) in [6, 6.07) is 0. The van der Waals surface area contributed by atoms with E-state index >= 15 is 0 Å². The highest BCUT2D eigenvalue weighted by Crippen LogP contribution is 2.26. The summed E-state index contributed by atoms with van der Waals surface area (Å²) in [5, 5.41) is 4.36. The predicted molar refractivity (Wildman–Crippen MR) is 91.7 cm³/mol. The first-order valence-corrected chi connectivity index (χ1v) is 10.5. The van der Waals surface area contributed by atoms with Gasteiger partial charge >= 0.3 is 5.69 Å². The molecule has 3 rings (SSSR count). The molecule has 1 atom stereocenters. The Morgan fingerprint density at radius 3 is 2.52 bits per heavy atom. The summed E-state index contributed by atoms with van der Waals surface area (Å²) in [5.74, 6) is 0.322. The first-order chi connectivity index (χ1) is 11.8. The van der Waals surface area contributed by atoms with Gasteiger partial charge in [0.25, 0.3) is 0 Å². The lowest BCUT2D eigenvalue weighted by molar-refractivity contribution is -0.131. The number of piperidine rings is 1. The number of hydrogen-bond acceptors (Lipinski definition) is 5. The van der Waals surface area contributed by atoms with Crippen LogP contribution in [0, 0.1) is 0 Å². The van der Waals surface area contributed by atoms with Gasteiger partial charge in [-0.1, -0.05) is 0 Å². The third-order valence-corrected chi connectivity index (χ3v) is 6.31. The van der Waals surface area contributed by atoms with Crippen LogP contribution in [0.1, 0.15) is 37.4 Å². The van der Waals surface area contributed by atoms with Crippen LogP contribution in [0.25, 0.3) is 0 Å². The van der Waals surface area contributed by atoms with Crippen molar-refractivity contribution < 1.29 is 13.2 Å². The number of sulfonamides is 1. The van der Waals surface area contributed by atoms with E-state index in [1.165, 1.54) is 19.8 Å². The van der Waals surface area contributed by atoms with Crippen LogP contribution in [-0.2, 0) is 28.4 Å². The fraction of sp³-hybridized carbons (Fsp3) is 0.800. The Balaban J connectivity index is 1.79. The van der Waals surface area contributed by atoms with Crippen molar-refractivity contribution in [1.29, 1.82) is 0 Å². The van der Waals surface area contributed by atoms with E-state index < -0.39 is 10.0 Å². The van der Waals surface area contributed by atoms with Crippen molar-refractivity contribution in [3.8, 4) is 0 Å². The molecule has 2 fully saturated rings. The summed E-state index contributed by atoms with van der Waals surface area (Å²) in [4.78, 5) is 26.5. The van der Waals surface area contributed by atoms with Crippen molar-refractivity contribution >= 4 is 15.9 Å². The van der Waals surface area contributed by atoms with E-state index in [1.807, 2.05) is 0 Å². The van der Waals surface area contributed by atoms with E-state index in [0.29, 0.717) is 18.9 Å². The topological polar surface area (TPSA) is 97.5 Å². The molecule has 2 saturated heterocycles. The molecule has 2 aliphatic rings. The lowest BCUT2D eigenvalue weighted by Crippen LogP contribution is -2.39. The Kier molecular flexibility index (Phi) is 5.01. The van der Waals surface area contributed by atoms with Crippen molar-refractivity contribution in [2.75, 3.05) is 32.4 Å². The largest absolute Gasteiger partial charge is 0.346 e. The quantitative estimate of drug-likeness (QED) is 0.700. The molecule has 0 spiro atoms. The Labute approximate surface area is 147 Å². The number of hydrogen-bond donors (Lipinski definition) is 0. The van der Waals surface area contributed by atoms with Crippen LogP contribution in [0.15, 0.2) is 4.79 Å². The van der Waals surface area contributed by atoms with Crippen LogP contribution in [0.5, 0.6) is 0 Å². The molecule has 0 radical (unpaired) electrons. The summed E-state index contributed by atoms with van der Waals surface area (Å²) in [6.07, 6.45) is 4.69. The van der Waals surface area contributed by atoms with E-state index in [9.17, 15) is 18.0 Å². The molecule has 1 aromatic rings. The average Bonchev–Trinajstić information content (AvgIpc) is 3.19. The fourth-order valence-corrected chi connectivity index (χ4v) is 4.52. The van der Waals surface area contributed by atoms with Gasteiger partial charge in [-0.3, -0.25) is 9.36 Å². The van der Waals surface area contributed by atoms with Gasteiger partial charge in [0, 0.05) is 39.1 Å². The van der Waals surface area contributed by atoms with Gasteiger partial charge in [0.15, 0.2) is 0 Å². The smallest absolute Gasteiger partial charge is 0.341 e. The Bertz CT molecular complexity index is 806. The highest BCUT2D eigenvalue weighted by Gasteiger charge is 2.30. The Hall–Kier alpha value is -1.68.